The van der Waals surface area contributed by atoms with E-state index in [1.54, 1.807) is 0 Å². The SMILES string of the molecule is CCOc1cc2c(c3c1OC(C)(C)C3)C(c1ccc(C(=O)O)c(N(Cc3ccc(Cl)cc3)C(=O)C(F)(F)F)c1)=NC(C)(C)C2. The van der Waals surface area contributed by atoms with Crippen molar-refractivity contribution in [2.24, 2.45) is 4.99 Å². The van der Waals surface area contributed by atoms with Crippen molar-refractivity contribution in [2.75, 3.05) is 11.5 Å². The first-order valence-corrected chi connectivity index (χ1v) is 14.5. The number of ether oxygens (including phenoxy) is 2. The highest BCUT2D eigenvalue weighted by Gasteiger charge is 2.44. The van der Waals surface area contributed by atoms with Crippen molar-refractivity contribution in [3.8, 4) is 11.5 Å². The Morgan fingerprint density at radius 2 is 1.75 bits per heavy atom. The largest absolute Gasteiger partial charge is 0.490 e. The van der Waals surface area contributed by atoms with Gasteiger partial charge in [0.2, 0.25) is 0 Å². The number of benzene rings is 3. The van der Waals surface area contributed by atoms with E-state index < -0.39 is 47.0 Å². The number of carbonyl (C=O) groups excluding carboxylic acids is 1. The predicted octanol–water partition coefficient (Wildman–Crippen LogP) is 7.42. The second-order valence-corrected chi connectivity index (χ2v) is 12.6. The lowest BCUT2D eigenvalue weighted by atomic mass is 9.80. The fourth-order valence-electron chi connectivity index (χ4n) is 5.82. The van der Waals surface area contributed by atoms with Crippen molar-refractivity contribution in [3.63, 3.8) is 0 Å². The predicted molar refractivity (Wildman–Crippen MR) is 162 cm³/mol. The maximum absolute atomic E-state index is 14.0. The summed E-state index contributed by atoms with van der Waals surface area (Å²) in [5, 5.41) is 10.4. The van der Waals surface area contributed by atoms with Crippen LogP contribution in [0.25, 0.3) is 0 Å². The molecule has 0 radical (unpaired) electrons. The van der Waals surface area contributed by atoms with Gasteiger partial charge in [0, 0.05) is 28.1 Å². The second kappa shape index (κ2) is 11.1. The number of hydrogen-bond acceptors (Lipinski definition) is 5. The Hall–Kier alpha value is -4.05. The standard InChI is InChI=1S/C33H32ClF3N2O5/c1-6-43-25-14-20-15-31(2,3)38-27(26(20)23-16-32(4,5)44-28(23)25)19-9-12-22(29(40)41)24(13-19)39(30(42)33(35,36)37)17-18-7-10-21(34)11-8-18/h7-14H,6,15-17H2,1-5H3,(H,40,41). The lowest BCUT2D eigenvalue weighted by Crippen LogP contribution is -2.41. The molecule has 0 unspecified atom stereocenters. The molecule has 0 atom stereocenters. The summed E-state index contributed by atoms with van der Waals surface area (Å²) >= 11 is 5.96. The lowest BCUT2D eigenvalue weighted by Gasteiger charge is -2.32. The summed E-state index contributed by atoms with van der Waals surface area (Å²) in [6.07, 6.45) is -4.18. The molecule has 3 aromatic rings. The van der Waals surface area contributed by atoms with Crippen LogP contribution < -0.4 is 14.4 Å². The molecule has 2 aliphatic heterocycles. The molecule has 0 bridgehead atoms. The molecule has 0 saturated heterocycles. The summed E-state index contributed by atoms with van der Waals surface area (Å²) in [6.45, 7) is 9.56. The number of carboxylic acid groups (broad SMARTS) is 1. The first kappa shape index (κ1) is 31.4. The van der Waals surface area contributed by atoms with Crippen molar-refractivity contribution >= 4 is 34.9 Å². The van der Waals surface area contributed by atoms with Crippen molar-refractivity contribution in [2.45, 2.75) is 71.3 Å². The van der Waals surface area contributed by atoms with Crippen molar-refractivity contribution in [3.05, 3.63) is 86.9 Å². The van der Waals surface area contributed by atoms with E-state index in [0.717, 1.165) is 16.7 Å². The Labute approximate surface area is 258 Å². The van der Waals surface area contributed by atoms with Gasteiger partial charge in [-0.05, 0) is 82.5 Å². The zero-order valence-electron chi connectivity index (χ0n) is 24.9. The Bertz CT molecular complexity index is 1680. The second-order valence-electron chi connectivity index (χ2n) is 12.2. The molecule has 0 aromatic heterocycles. The number of halogens is 4. The Morgan fingerprint density at radius 3 is 2.36 bits per heavy atom. The summed E-state index contributed by atoms with van der Waals surface area (Å²) in [5.41, 5.74) is 1.71. The molecule has 1 N–H and O–H groups in total. The molecule has 0 fully saturated rings. The molecule has 11 heteroatoms. The molecule has 2 aliphatic rings. The number of anilines is 1. The molecule has 5 rings (SSSR count). The highest BCUT2D eigenvalue weighted by Crippen LogP contribution is 2.48. The summed E-state index contributed by atoms with van der Waals surface area (Å²) in [4.78, 5) is 30.6. The van der Waals surface area contributed by atoms with Crippen LogP contribution in [0.3, 0.4) is 0 Å². The molecule has 3 aromatic carbocycles. The summed E-state index contributed by atoms with van der Waals surface area (Å²) in [7, 11) is 0. The van der Waals surface area contributed by atoms with Gasteiger partial charge in [0.25, 0.3) is 0 Å². The monoisotopic (exact) mass is 628 g/mol. The van der Waals surface area contributed by atoms with Crippen LogP contribution in [0.2, 0.25) is 5.02 Å². The van der Waals surface area contributed by atoms with Gasteiger partial charge in [0.05, 0.1) is 35.7 Å². The van der Waals surface area contributed by atoms with Crippen LogP contribution >= 0.6 is 11.6 Å². The topological polar surface area (TPSA) is 88.4 Å². The van der Waals surface area contributed by atoms with Gasteiger partial charge >= 0.3 is 18.1 Å². The number of aliphatic imine (C=N–C) groups is 1. The number of fused-ring (bicyclic) bond motifs is 3. The Balaban J connectivity index is 1.73. The van der Waals surface area contributed by atoms with Crippen LogP contribution in [-0.2, 0) is 24.2 Å². The fourth-order valence-corrected chi connectivity index (χ4v) is 5.94. The van der Waals surface area contributed by atoms with Crippen molar-refractivity contribution in [1.82, 2.24) is 0 Å². The van der Waals surface area contributed by atoms with Crippen LogP contribution in [0.5, 0.6) is 11.5 Å². The van der Waals surface area contributed by atoms with Gasteiger partial charge < -0.3 is 14.6 Å². The molecule has 0 saturated carbocycles. The van der Waals surface area contributed by atoms with Crippen LogP contribution in [-0.4, -0.2) is 46.6 Å². The zero-order valence-corrected chi connectivity index (χ0v) is 25.7. The number of carbonyl (C=O) groups is 2. The summed E-state index contributed by atoms with van der Waals surface area (Å²) < 4.78 is 54.1. The third-order valence-corrected chi connectivity index (χ3v) is 7.77. The van der Waals surface area contributed by atoms with E-state index in [1.165, 1.54) is 42.5 Å². The van der Waals surface area contributed by atoms with Crippen molar-refractivity contribution in [1.29, 1.82) is 0 Å². The lowest BCUT2D eigenvalue weighted by molar-refractivity contribution is -0.170. The average Bonchev–Trinajstić information content (AvgIpc) is 3.25. The minimum atomic E-state index is -5.27. The van der Waals surface area contributed by atoms with Crippen molar-refractivity contribution < 1.29 is 37.3 Å². The average molecular weight is 629 g/mol. The molecule has 232 valence electrons. The first-order chi connectivity index (χ1) is 20.5. The fraction of sp³-hybridized carbons (Fsp3) is 0.364. The first-order valence-electron chi connectivity index (χ1n) is 14.1. The number of hydrogen-bond donors (Lipinski definition) is 1. The summed E-state index contributed by atoms with van der Waals surface area (Å²) in [5.74, 6) is -2.49. The molecule has 0 spiro atoms. The molecule has 2 heterocycles. The Kier molecular flexibility index (Phi) is 7.95. The third-order valence-electron chi connectivity index (χ3n) is 7.52. The van der Waals surface area contributed by atoms with Gasteiger partial charge in [-0.25, -0.2) is 4.79 Å². The van der Waals surface area contributed by atoms with E-state index in [9.17, 15) is 27.9 Å². The van der Waals surface area contributed by atoms with Crippen LogP contribution in [0, 0.1) is 0 Å². The Morgan fingerprint density at radius 1 is 1.07 bits per heavy atom. The van der Waals surface area contributed by atoms with E-state index in [0.29, 0.717) is 57.7 Å². The molecule has 1 amide bonds. The van der Waals surface area contributed by atoms with E-state index >= 15 is 0 Å². The highest BCUT2D eigenvalue weighted by atomic mass is 35.5. The van der Waals surface area contributed by atoms with Gasteiger partial charge in [-0.1, -0.05) is 29.8 Å². The number of nitrogens with zero attached hydrogens (tertiary/aromatic N) is 2. The van der Waals surface area contributed by atoms with E-state index in [-0.39, 0.29) is 0 Å². The molecular weight excluding hydrogens is 597 g/mol. The van der Waals surface area contributed by atoms with Gasteiger partial charge in [0.1, 0.15) is 5.60 Å². The quantitative estimate of drug-likeness (QED) is 0.294. The molecule has 7 nitrogen and oxygen atoms in total. The minimum Gasteiger partial charge on any atom is -0.490 e. The van der Waals surface area contributed by atoms with Gasteiger partial charge in [-0.3, -0.25) is 14.7 Å². The van der Waals surface area contributed by atoms with E-state index in [4.69, 9.17) is 26.1 Å². The maximum Gasteiger partial charge on any atom is 0.471 e. The number of rotatable bonds is 7. The maximum atomic E-state index is 14.0. The van der Waals surface area contributed by atoms with Crippen LogP contribution in [0.15, 0.2) is 53.5 Å². The number of aromatic carboxylic acids is 1. The van der Waals surface area contributed by atoms with Gasteiger partial charge in [0.15, 0.2) is 11.5 Å². The molecule has 44 heavy (non-hydrogen) atoms. The number of amides is 1. The smallest absolute Gasteiger partial charge is 0.471 e. The molecule has 0 aliphatic carbocycles. The normalized spacial score (nSPS) is 16.3. The van der Waals surface area contributed by atoms with Crippen LogP contribution in [0.4, 0.5) is 18.9 Å². The zero-order chi connectivity index (χ0) is 32.2. The van der Waals surface area contributed by atoms with Gasteiger partial charge in [-0.2, -0.15) is 13.2 Å². The summed E-state index contributed by atoms with van der Waals surface area (Å²) in [6, 6.07) is 11.9. The third kappa shape index (κ3) is 6.13. The van der Waals surface area contributed by atoms with Gasteiger partial charge in [-0.15, -0.1) is 0 Å². The van der Waals surface area contributed by atoms with Crippen LogP contribution in [0.1, 0.15) is 72.8 Å². The van der Waals surface area contributed by atoms with E-state index in [2.05, 4.69) is 0 Å². The van der Waals surface area contributed by atoms with E-state index in [1.807, 2.05) is 40.7 Å². The number of alkyl halides is 3. The number of carboxylic acids is 1. The molecular formula is C33H32ClF3N2O5. The minimum absolute atomic E-state index is 0.330. The highest BCUT2D eigenvalue weighted by molar-refractivity contribution is 6.30.